The molecule has 2 aromatic carbocycles. The smallest absolute Gasteiger partial charge is 0.240 e. The van der Waals surface area contributed by atoms with Crippen LogP contribution >= 0.6 is 23.2 Å². The molecule has 10 heteroatoms. The molecule has 0 aliphatic carbocycles. The molecule has 0 bridgehead atoms. The topological polar surface area (TPSA) is 86.5 Å². The molecule has 0 saturated carbocycles. The average molecular weight is 503 g/mol. The van der Waals surface area contributed by atoms with E-state index in [-0.39, 0.29) is 30.6 Å². The van der Waals surface area contributed by atoms with Gasteiger partial charge in [-0.1, -0.05) is 34.5 Å². The van der Waals surface area contributed by atoms with Crippen molar-refractivity contribution in [3.05, 3.63) is 52.0 Å². The number of carbonyl (C=O) groups excluding carboxylic acids is 1. The number of hydrogen-bond acceptors (Lipinski definition) is 6. The van der Waals surface area contributed by atoms with E-state index >= 15 is 0 Å². The summed E-state index contributed by atoms with van der Waals surface area (Å²) in [6.45, 7) is 4.68. The maximum absolute atomic E-state index is 13.0. The van der Waals surface area contributed by atoms with Crippen LogP contribution in [0.1, 0.15) is 31.4 Å². The summed E-state index contributed by atoms with van der Waals surface area (Å²) in [5.41, 5.74) is 3.61. The molecule has 3 aromatic rings. The monoisotopic (exact) mass is 502 g/mol. The Kier molecular flexibility index (Phi) is 6.66. The van der Waals surface area contributed by atoms with Crippen LogP contribution in [-0.2, 0) is 4.79 Å². The van der Waals surface area contributed by atoms with Gasteiger partial charge in [0, 0.05) is 35.4 Å². The molecule has 2 N–H and O–H groups in total. The number of anilines is 1. The van der Waals surface area contributed by atoms with Crippen molar-refractivity contribution in [2.24, 2.45) is 0 Å². The van der Waals surface area contributed by atoms with E-state index in [1.165, 1.54) is 0 Å². The van der Waals surface area contributed by atoms with Gasteiger partial charge in [-0.3, -0.25) is 4.79 Å². The van der Waals surface area contributed by atoms with Crippen LogP contribution in [0.4, 0.5) is 5.69 Å². The van der Waals surface area contributed by atoms with Gasteiger partial charge in [-0.2, -0.15) is 0 Å². The van der Waals surface area contributed by atoms with E-state index in [4.69, 9.17) is 23.2 Å². The normalized spacial score (nSPS) is 21.9. The summed E-state index contributed by atoms with van der Waals surface area (Å²) in [6.07, 6.45) is 1.88. The van der Waals surface area contributed by atoms with Crippen molar-refractivity contribution in [3.63, 3.8) is 0 Å². The number of aromatic nitrogens is 3. The molecular formula is C24H28Cl2N6O2. The molecule has 0 spiro atoms. The summed E-state index contributed by atoms with van der Waals surface area (Å²) in [5.74, 6) is 0.0996. The van der Waals surface area contributed by atoms with E-state index in [9.17, 15) is 9.90 Å². The van der Waals surface area contributed by atoms with Crippen molar-refractivity contribution in [1.29, 1.82) is 0 Å². The molecule has 3 heterocycles. The van der Waals surface area contributed by atoms with Gasteiger partial charge in [-0.05, 0) is 62.2 Å². The van der Waals surface area contributed by atoms with Crippen molar-refractivity contribution in [2.75, 3.05) is 37.7 Å². The molecule has 180 valence electrons. The van der Waals surface area contributed by atoms with Crippen LogP contribution in [0.5, 0.6) is 0 Å². The third kappa shape index (κ3) is 4.35. The first-order valence-corrected chi connectivity index (χ1v) is 12.4. The van der Waals surface area contributed by atoms with Crippen LogP contribution in [-0.4, -0.2) is 75.8 Å². The lowest BCUT2D eigenvalue weighted by Gasteiger charge is -2.42. The van der Waals surface area contributed by atoms with Crippen molar-refractivity contribution in [1.82, 2.24) is 25.2 Å². The first kappa shape index (κ1) is 23.4. The molecule has 2 fully saturated rings. The highest BCUT2D eigenvalue weighted by Gasteiger charge is 2.35. The van der Waals surface area contributed by atoms with Gasteiger partial charge in [-0.15, -0.1) is 5.10 Å². The highest BCUT2D eigenvalue weighted by Crippen LogP contribution is 2.31. The molecule has 5 rings (SSSR count). The van der Waals surface area contributed by atoms with Gasteiger partial charge in [0.15, 0.2) is 0 Å². The minimum Gasteiger partial charge on any atom is -0.394 e. The number of nitrogens with one attached hydrogen (secondary N) is 1. The third-order valence-electron chi connectivity index (χ3n) is 6.93. The van der Waals surface area contributed by atoms with Gasteiger partial charge in [0.05, 0.1) is 30.2 Å². The minimum atomic E-state index is -0.241. The number of amides is 1. The lowest BCUT2D eigenvalue weighted by molar-refractivity contribution is -0.136. The first-order valence-electron chi connectivity index (χ1n) is 11.7. The summed E-state index contributed by atoms with van der Waals surface area (Å²) in [5, 5.41) is 23.2. The zero-order valence-corrected chi connectivity index (χ0v) is 20.5. The molecule has 2 aliphatic rings. The van der Waals surface area contributed by atoms with Gasteiger partial charge < -0.3 is 20.2 Å². The molecule has 8 nitrogen and oxygen atoms in total. The second-order valence-electron chi connectivity index (χ2n) is 9.01. The Morgan fingerprint density at radius 3 is 2.82 bits per heavy atom. The maximum atomic E-state index is 13.0. The van der Waals surface area contributed by atoms with Crippen LogP contribution < -0.4 is 10.2 Å². The van der Waals surface area contributed by atoms with Crippen LogP contribution in [0.15, 0.2) is 36.4 Å². The number of fused-ring (bicyclic) bond motifs is 1. The molecule has 1 amide bonds. The average Bonchev–Trinajstić information content (AvgIpc) is 3.53. The van der Waals surface area contributed by atoms with E-state index < -0.39 is 0 Å². The van der Waals surface area contributed by atoms with Crippen molar-refractivity contribution in [3.8, 4) is 0 Å². The van der Waals surface area contributed by atoms with Gasteiger partial charge in [0.25, 0.3) is 0 Å². The Hall–Kier alpha value is -2.39. The predicted octanol–water partition coefficient (Wildman–Crippen LogP) is 3.11. The fraction of sp³-hybridized carbons (Fsp3) is 0.458. The van der Waals surface area contributed by atoms with Crippen LogP contribution in [0, 0.1) is 0 Å². The van der Waals surface area contributed by atoms with E-state index in [0.717, 1.165) is 41.7 Å². The van der Waals surface area contributed by atoms with Gasteiger partial charge >= 0.3 is 0 Å². The molecule has 3 unspecified atom stereocenters. The number of rotatable bonds is 5. The number of aliphatic hydroxyl groups is 1. The summed E-state index contributed by atoms with van der Waals surface area (Å²) < 4.78 is 1.86. The highest BCUT2D eigenvalue weighted by atomic mass is 35.5. The summed E-state index contributed by atoms with van der Waals surface area (Å²) in [6, 6.07) is 11.0. The van der Waals surface area contributed by atoms with Gasteiger partial charge in [0.1, 0.15) is 5.52 Å². The van der Waals surface area contributed by atoms with E-state index in [0.29, 0.717) is 29.7 Å². The largest absolute Gasteiger partial charge is 0.394 e. The third-order valence-corrected chi connectivity index (χ3v) is 7.50. The number of piperazine rings is 1. The van der Waals surface area contributed by atoms with E-state index in [1.54, 1.807) is 6.07 Å². The maximum Gasteiger partial charge on any atom is 0.240 e. The number of nitrogens with zero attached hydrogens (tertiary/aromatic N) is 5. The number of halogens is 2. The second kappa shape index (κ2) is 9.70. The molecule has 3 atom stereocenters. The fourth-order valence-electron chi connectivity index (χ4n) is 5.01. The lowest BCUT2D eigenvalue weighted by atomic mass is 10.1. The minimum absolute atomic E-state index is 0.0667. The first-order chi connectivity index (χ1) is 16.5. The molecule has 0 radical (unpaired) electrons. The van der Waals surface area contributed by atoms with E-state index in [1.807, 2.05) is 40.8 Å². The summed E-state index contributed by atoms with van der Waals surface area (Å²) in [4.78, 5) is 17.0. The highest BCUT2D eigenvalue weighted by molar-refractivity contribution is 6.35. The standard InChI is InChI=1S/C24H28Cl2N6O2/c1-15(19-6-4-16(25)11-20(19)26)32-23-12-17(5-7-21(23)28-29-32)30-9-10-31(18(13-30)14-33)24(34)22-3-2-8-27-22/h4-7,11-12,15,18,22,27,33H,2-3,8-10,13-14H2,1H3. The fourth-order valence-corrected chi connectivity index (χ4v) is 5.58. The van der Waals surface area contributed by atoms with Crippen molar-refractivity contribution in [2.45, 2.75) is 37.9 Å². The zero-order chi connectivity index (χ0) is 23.8. The predicted molar refractivity (Wildman–Crippen MR) is 134 cm³/mol. The summed E-state index contributed by atoms with van der Waals surface area (Å²) >= 11 is 12.5. The van der Waals surface area contributed by atoms with Crippen molar-refractivity contribution < 1.29 is 9.90 Å². The molecule has 34 heavy (non-hydrogen) atoms. The van der Waals surface area contributed by atoms with Crippen LogP contribution in [0.2, 0.25) is 10.0 Å². The number of benzene rings is 2. The molecule has 2 saturated heterocycles. The zero-order valence-electron chi connectivity index (χ0n) is 19.0. The molecule has 1 aromatic heterocycles. The molecular weight excluding hydrogens is 475 g/mol. The Morgan fingerprint density at radius 2 is 2.09 bits per heavy atom. The number of aliphatic hydroxyl groups excluding tert-OH is 1. The number of carbonyl (C=O) groups is 1. The Bertz CT molecular complexity index is 1200. The second-order valence-corrected chi connectivity index (χ2v) is 9.86. The Labute approximate surface area is 208 Å². The lowest BCUT2D eigenvalue weighted by Crippen LogP contribution is -2.59. The van der Waals surface area contributed by atoms with Crippen LogP contribution in [0.25, 0.3) is 11.0 Å². The quantitative estimate of drug-likeness (QED) is 0.557. The number of hydrogen-bond donors (Lipinski definition) is 2. The molecule has 2 aliphatic heterocycles. The summed E-state index contributed by atoms with van der Waals surface area (Å²) in [7, 11) is 0. The Balaban J connectivity index is 1.39. The SMILES string of the molecule is CC(c1ccc(Cl)cc1Cl)n1nnc2ccc(N3CCN(C(=O)C4CCCN4)C(CO)C3)cc21. The van der Waals surface area contributed by atoms with Crippen LogP contribution in [0.3, 0.4) is 0 Å². The van der Waals surface area contributed by atoms with Gasteiger partial charge in [-0.25, -0.2) is 4.68 Å². The Morgan fingerprint density at radius 1 is 1.24 bits per heavy atom. The van der Waals surface area contributed by atoms with Gasteiger partial charge in [0.2, 0.25) is 5.91 Å². The van der Waals surface area contributed by atoms with E-state index in [2.05, 4.69) is 26.6 Å². The van der Waals surface area contributed by atoms with Crippen molar-refractivity contribution >= 4 is 45.8 Å².